The van der Waals surface area contributed by atoms with Crippen LogP contribution in [0.5, 0.6) is 0 Å². The van der Waals surface area contributed by atoms with Crippen molar-refractivity contribution in [3.8, 4) is 0 Å². The van der Waals surface area contributed by atoms with Crippen LogP contribution in [0, 0.1) is 0 Å². The number of nitrogens with one attached hydrogen (secondary N) is 2. The van der Waals surface area contributed by atoms with E-state index >= 15 is 0 Å². The molecule has 3 rings (SSSR count). The molecule has 20 heavy (non-hydrogen) atoms. The summed E-state index contributed by atoms with van der Waals surface area (Å²) in [7, 11) is 0. The van der Waals surface area contributed by atoms with Gasteiger partial charge in [0.15, 0.2) is 0 Å². The summed E-state index contributed by atoms with van der Waals surface area (Å²) in [6, 6.07) is 10.3. The standard InChI is InChI=1S/C15H19N5/c1-3-20-12(8-9-17-20)10-16-11(2)15-18-13-6-4-5-7-14(13)19-15/h4-9,11,16H,3,10H2,1-2H3,(H,18,19). The van der Waals surface area contributed by atoms with Crippen molar-refractivity contribution in [1.82, 2.24) is 25.1 Å². The van der Waals surface area contributed by atoms with Crippen molar-refractivity contribution in [2.75, 3.05) is 0 Å². The van der Waals surface area contributed by atoms with E-state index in [1.54, 1.807) is 0 Å². The van der Waals surface area contributed by atoms with Crippen LogP contribution < -0.4 is 5.32 Å². The van der Waals surface area contributed by atoms with Crippen molar-refractivity contribution in [2.45, 2.75) is 33.0 Å². The van der Waals surface area contributed by atoms with Gasteiger partial charge in [0.25, 0.3) is 0 Å². The molecule has 2 N–H and O–H groups in total. The summed E-state index contributed by atoms with van der Waals surface area (Å²) in [5.74, 6) is 0.966. The number of benzene rings is 1. The molecule has 1 atom stereocenters. The molecule has 0 spiro atoms. The zero-order chi connectivity index (χ0) is 13.9. The van der Waals surface area contributed by atoms with Crippen molar-refractivity contribution >= 4 is 11.0 Å². The Morgan fingerprint density at radius 1 is 1.30 bits per heavy atom. The van der Waals surface area contributed by atoms with Crippen LogP contribution in [-0.2, 0) is 13.1 Å². The number of nitrogens with zero attached hydrogens (tertiary/aromatic N) is 3. The number of fused-ring (bicyclic) bond motifs is 1. The average Bonchev–Trinajstić information content (AvgIpc) is 3.10. The second kappa shape index (κ2) is 5.46. The van der Waals surface area contributed by atoms with Gasteiger partial charge < -0.3 is 10.3 Å². The summed E-state index contributed by atoms with van der Waals surface area (Å²) in [4.78, 5) is 7.97. The molecule has 0 radical (unpaired) electrons. The Balaban J connectivity index is 1.71. The minimum Gasteiger partial charge on any atom is -0.341 e. The number of aromatic amines is 1. The van der Waals surface area contributed by atoms with Gasteiger partial charge >= 0.3 is 0 Å². The highest BCUT2D eigenvalue weighted by Gasteiger charge is 2.11. The van der Waals surface area contributed by atoms with E-state index < -0.39 is 0 Å². The maximum absolute atomic E-state index is 4.61. The van der Waals surface area contributed by atoms with Crippen LogP contribution in [0.3, 0.4) is 0 Å². The van der Waals surface area contributed by atoms with Gasteiger partial charge in [-0.05, 0) is 32.0 Å². The van der Waals surface area contributed by atoms with Crippen molar-refractivity contribution in [2.24, 2.45) is 0 Å². The molecule has 0 bridgehead atoms. The normalized spacial score (nSPS) is 12.9. The van der Waals surface area contributed by atoms with Crippen molar-refractivity contribution in [3.05, 3.63) is 48.0 Å². The number of aryl methyl sites for hydroxylation is 1. The minimum absolute atomic E-state index is 0.169. The Morgan fingerprint density at radius 3 is 2.95 bits per heavy atom. The third-order valence-electron chi connectivity index (χ3n) is 3.51. The molecule has 0 saturated heterocycles. The summed E-state index contributed by atoms with van der Waals surface area (Å²) < 4.78 is 2.00. The van der Waals surface area contributed by atoms with E-state index in [-0.39, 0.29) is 6.04 Å². The molecule has 5 heteroatoms. The summed E-state index contributed by atoms with van der Waals surface area (Å²) in [5.41, 5.74) is 3.28. The Morgan fingerprint density at radius 2 is 2.15 bits per heavy atom. The molecule has 0 saturated carbocycles. The molecule has 2 heterocycles. The van der Waals surface area contributed by atoms with Gasteiger partial charge in [0.05, 0.1) is 22.8 Å². The van der Waals surface area contributed by atoms with Crippen LogP contribution in [0.2, 0.25) is 0 Å². The molecule has 0 aliphatic carbocycles. The van der Waals surface area contributed by atoms with Crippen molar-refractivity contribution in [3.63, 3.8) is 0 Å². The third kappa shape index (κ3) is 2.44. The Hall–Kier alpha value is -2.14. The SMILES string of the molecule is CCn1nccc1CNC(C)c1nc2ccccc2[nH]1. The molecule has 2 aromatic heterocycles. The molecule has 3 aromatic rings. The minimum atomic E-state index is 0.169. The van der Waals surface area contributed by atoms with E-state index in [0.29, 0.717) is 0 Å². The third-order valence-corrected chi connectivity index (χ3v) is 3.51. The number of hydrogen-bond acceptors (Lipinski definition) is 3. The fourth-order valence-electron chi connectivity index (χ4n) is 2.33. The molecule has 104 valence electrons. The summed E-state index contributed by atoms with van der Waals surface area (Å²) >= 11 is 0. The second-order valence-corrected chi connectivity index (χ2v) is 4.88. The Kier molecular flexibility index (Phi) is 3.52. The molecule has 0 amide bonds. The highest BCUT2D eigenvalue weighted by molar-refractivity contribution is 5.74. The van der Waals surface area contributed by atoms with Crippen LogP contribution in [0.1, 0.15) is 31.4 Å². The Bertz CT molecular complexity index is 664. The van der Waals surface area contributed by atoms with Gasteiger partial charge in [0.2, 0.25) is 0 Å². The van der Waals surface area contributed by atoms with Crippen LogP contribution in [0.15, 0.2) is 36.5 Å². The van der Waals surface area contributed by atoms with Crippen LogP contribution >= 0.6 is 0 Å². The lowest BCUT2D eigenvalue weighted by Gasteiger charge is -2.12. The number of aromatic nitrogens is 4. The lowest BCUT2D eigenvalue weighted by Crippen LogP contribution is -2.21. The first-order valence-corrected chi connectivity index (χ1v) is 6.96. The van der Waals surface area contributed by atoms with E-state index in [4.69, 9.17) is 0 Å². The smallest absolute Gasteiger partial charge is 0.124 e. The molecule has 1 aromatic carbocycles. The highest BCUT2D eigenvalue weighted by atomic mass is 15.3. The Labute approximate surface area is 118 Å². The van der Waals surface area contributed by atoms with Gasteiger partial charge in [-0.1, -0.05) is 12.1 Å². The second-order valence-electron chi connectivity index (χ2n) is 4.88. The topological polar surface area (TPSA) is 58.5 Å². The molecule has 0 aliphatic rings. The van der Waals surface area contributed by atoms with Gasteiger partial charge in [-0.15, -0.1) is 0 Å². The number of imidazole rings is 1. The summed E-state index contributed by atoms with van der Waals surface area (Å²) in [6.07, 6.45) is 1.84. The quantitative estimate of drug-likeness (QED) is 0.748. The lowest BCUT2D eigenvalue weighted by atomic mass is 10.3. The van der Waals surface area contributed by atoms with Crippen LogP contribution in [0.4, 0.5) is 0 Å². The molecular weight excluding hydrogens is 250 g/mol. The van der Waals surface area contributed by atoms with E-state index in [1.165, 1.54) is 5.69 Å². The van der Waals surface area contributed by atoms with Gasteiger partial charge in [-0.2, -0.15) is 5.10 Å². The number of rotatable bonds is 5. The fraction of sp³-hybridized carbons (Fsp3) is 0.333. The summed E-state index contributed by atoms with van der Waals surface area (Å²) in [6.45, 7) is 5.89. The molecular formula is C15H19N5. The number of para-hydroxylation sites is 2. The molecule has 5 nitrogen and oxygen atoms in total. The van der Waals surface area contributed by atoms with Crippen LogP contribution in [-0.4, -0.2) is 19.7 Å². The largest absolute Gasteiger partial charge is 0.341 e. The van der Waals surface area contributed by atoms with Gasteiger partial charge in [-0.25, -0.2) is 4.98 Å². The number of H-pyrrole nitrogens is 1. The predicted molar refractivity (Wildman–Crippen MR) is 79.2 cm³/mol. The molecule has 1 unspecified atom stereocenters. The fourth-order valence-corrected chi connectivity index (χ4v) is 2.33. The zero-order valence-corrected chi connectivity index (χ0v) is 11.8. The first kappa shape index (κ1) is 12.9. The maximum atomic E-state index is 4.61. The van der Waals surface area contributed by atoms with Crippen molar-refractivity contribution in [1.29, 1.82) is 0 Å². The first-order chi connectivity index (χ1) is 9.78. The van der Waals surface area contributed by atoms with Gasteiger partial charge in [0, 0.05) is 19.3 Å². The van der Waals surface area contributed by atoms with E-state index in [0.717, 1.165) is 29.9 Å². The van der Waals surface area contributed by atoms with Crippen LogP contribution in [0.25, 0.3) is 11.0 Å². The van der Waals surface area contributed by atoms with Crippen molar-refractivity contribution < 1.29 is 0 Å². The predicted octanol–water partition coefficient (Wildman–Crippen LogP) is 2.63. The van der Waals surface area contributed by atoms with E-state index in [2.05, 4.69) is 34.2 Å². The number of hydrogen-bond donors (Lipinski definition) is 2. The van der Waals surface area contributed by atoms with Gasteiger partial charge in [0.1, 0.15) is 5.82 Å². The average molecular weight is 269 g/mol. The molecule has 0 aliphatic heterocycles. The zero-order valence-electron chi connectivity index (χ0n) is 11.8. The van der Waals surface area contributed by atoms with E-state index in [9.17, 15) is 0 Å². The maximum Gasteiger partial charge on any atom is 0.124 e. The lowest BCUT2D eigenvalue weighted by molar-refractivity contribution is 0.518. The monoisotopic (exact) mass is 269 g/mol. The van der Waals surface area contributed by atoms with E-state index in [1.807, 2.05) is 41.2 Å². The molecule has 0 fully saturated rings. The summed E-state index contributed by atoms with van der Waals surface area (Å²) in [5, 5.41) is 7.76. The van der Waals surface area contributed by atoms with Gasteiger partial charge in [-0.3, -0.25) is 4.68 Å². The highest BCUT2D eigenvalue weighted by Crippen LogP contribution is 2.15. The first-order valence-electron chi connectivity index (χ1n) is 6.96.